The monoisotopic (exact) mass is 1030 g/mol. The number of hydrogen-bond acceptors (Lipinski definition) is 16. The van der Waals surface area contributed by atoms with Gasteiger partial charge in [0.05, 0.1) is 31.5 Å². The number of esters is 2. The van der Waals surface area contributed by atoms with Gasteiger partial charge in [-0.25, -0.2) is 4.79 Å². The smallest absolute Gasteiger partial charge is 0.329 e. The van der Waals surface area contributed by atoms with E-state index in [4.69, 9.17) is 28.4 Å². The summed E-state index contributed by atoms with van der Waals surface area (Å²) in [5.74, 6) is -9.36. The topological polar surface area (TPSA) is 242 Å². The first kappa shape index (κ1) is 61.6. The second kappa shape index (κ2) is 28.3. The maximum Gasteiger partial charge on any atom is 0.329 e. The zero-order chi connectivity index (χ0) is 54.4. The summed E-state index contributed by atoms with van der Waals surface area (Å²) < 4.78 is 35.4. The molecule has 2 bridgehead atoms. The molecule has 1 aliphatic carbocycles. The first-order valence-electron chi connectivity index (χ1n) is 26.4. The van der Waals surface area contributed by atoms with Crippen molar-refractivity contribution in [3.63, 3.8) is 0 Å². The van der Waals surface area contributed by atoms with Crippen molar-refractivity contribution in [1.82, 2.24) is 4.90 Å². The van der Waals surface area contributed by atoms with Crippen molar-refractivity contribution in [1.29, 1.82) is 0 Å². The standard InChI is InChI=1S/C56H87NO16/c1-33-17-13-12-14-18-34(2)45(68-9)29-41-22-20-39(7)56(67,73-41)51(63)52(64)57-24-16-15-19-42(57)53(65)71-46(30-43(60)35(3)26-38(6)49(62)50(70-11)48(61)37(5)25-33)36(4)27-40-21-23-44(47(28-40)69-10)72-54(66)55(8,31-58)32-59/h12-14,17-18,26,33,35-37,39-42,44-47,49-50,58-59,62,67H,15-16,19-25,27-32H2,1-11H3/b14-12?,17-13+,34-18?,38-26+/t33-,35?,36-,37-,39-,40+,41+,42?,44-,45+,46+,47-,49-,50+,56-/m1/s1. The number of aliphatic hydroxyl groups is 4. The van der Waals surface area contributed by atoms with E-state index in [-0.39, 0.29) is 42.8 Å². The minimum absolute atomic E-state index is 0.00697. The fourth-order valence-corrected chi connectivity index (χ4v) is 10.7. The Bertz CT molecular complexity index is 2010. The second-order valence-corrected chi connectivity index (χ2v) is 21.8. The van der Waals surface area contributed by atoms with Gasteiger partial charge in [-0.1, -0.05) is 71.1 Å². The number of cyclic esters (lactones) is 1. The van der Waals surface area contributed by atoms with Crippen LogP contribution in [0.5, 0.6) is 0 Å². The third-order valence-corrected chi connectivity index (χ3v) is 15.9. The number of nitrogens with zero attached hydrogens (tertiary/aromatic N) is 1. The molecule has 0 aromatic carbocycles. The van der Waals surface area contributed by atoms with Crippen molar-refractivity contribution in [3.8, 4) is 0 Å². The highest BCUT2D eigenvalue weighted by atomic mass is 16.6. The average molecular weight is 1030 g/mol. The minimum Gasteiger partial charge on any atom is -0.460 e. The Morgan fingerprint density at radius 1 is 0.863 bits per heavy atom. The number of amides is 1. The van der Waals surface area contributed by atoms with Crippen LogP contribution in [0.15, 0.2) is 47.6 Å². The molecule has 15 atom stereocenters. The first-order chi connectivity index (χ1) is 34.5. The highest BCUT2D eigenvalue weighted by Crippen LogP contribution is 2.38. The number of carbonyl (C=O) groups excluding carboxylic acids is 6. The average Bonchev–Trinajstić information content (AvgIpc) is 3.37. The number of ketones is 3. The van der Waals surface area contributed by atoms with E-state index in [1.807, 2.05) is 51.2 Å². The minimum atomic E-state index is -2.47. The lowest BCUT2D eigenvalue weighted by molar-refractivity contribution is -0.265. The van der Waals surface area contributed by atoms with Gasteiger partial charge >= 0.3 is 11.9 Å². The number of fused-ring (bicyclic) bond motifs is 3. The molecule has 3 fully saturated rings. The lowest BCUT2D eigenvalue weighted by Crippen LogP contribution is -2.61. The van der Waals surface area contributed by atoms with Gasteiger partial charge in [0.2, 0.25) is 5.79 Å². The van der Waals surface area contributed by atoms with E-state index in [1.54, 1.807) is 40.9 Å². The molecular weight excluding hydrogens is 943 g/mol. The number of allylic oxidation sites excluding steroid dienone is 6. The summed E-state index contributed by atoms with van der Waals surface area (Å²) in [7, 11) is 4.43. The predicted octanol–water partition coefficient (Wildman–Crippen LogP) is 5.72. The van der Waals surface area contributed by atoms with Gasteiger partial charge in [-0.15, -0.1) is 0 Å². The van der Waals surface area contributed by atoms with E-state index < -0.39 is 120 Å². The van der Waals surface area contributed by atoms with Gasteiger partial charge < -0.3 is 53.7 Å². The molecule has 1 amide bonds. The fourth-order valence-electron chi connectivity index (χ4n) is 10.7. The summed E-state index contributed by atoms with van der Waals surface area (Å²) >= 11 is 0. The van der Waals surface area contributed by atoms with Crippen molar-refractivity contribution < 1.29 is 77.6 Å². The molecule has 3 aliphatic heterocycles. The van der Waals surface area contributed by atoms with Crippen molar-refractivity contribution in [2.75, 3.05) is 41.1 Å². The van der Waals surface area contributed by atoms with Gasteiger partial charge in [0, 0.05) is 58.5 Å². The van der Waals surface area contributed by atoms with E-state index in [9.17, 15) is 49.2 Å². The van der Waals surface area contributed by atoms with Gasteiger partial charge in [0.15, 0.2) is 5.78 Å². The molecular formula is C56H87NO16. The Labute approximate surface area is 433 Å². The van der Waals surface area contributed by atoms with Crippen LogP contribution in [0.2, 0.25) is 0 Å². The number of hydrogen-bond donors (Lipinski definition) is 4. The van der Waals surface area contributed by atoms with Crippen molar-refractivity contribution in [3.05, 3.63) is 47.6 Å². The van der Waals surface area contributed by atoms with Crippen LogP contribution in [-0.2, 0) is 57.2 Å². The molecule has 17 nitrogen and oxygen atoms in total. The number of rotatable bonds is 10. The van der Waals surface area contributed by atoms with Crippen molar-refractivity contribution >= 4 is 35.2 Å². The van der Waals surface area contributed by atoms with Crippen LogP contribution in [0.4, 0.5) is 0 Å². The fraction of sp³-hybridized carbons (Fsp3) is 0.750. The molecule has 0 spiro atoms. The summed E-state index contributed by atoms with van der Waals surface area (Å²) in [6.07, 6.45) is 9.76. The number of Topliss-reactive ketones (excluding diaryl/α,β-unsaturated/α-hetero) is 3. The quantitative estimate of drug-likeness (QED) is 0.116. The Kier molecular flexibility index (Phi) is 23.9. The maximum absolute atomic E-state index is 14.5. The zero-order valence-corrected chi connectivity index (χ0v) is 45.3. The molecule has 2 saturated heterocycles. The zero-order valence-electron chi connectivity index (χ0n) is 45.3. The van der Waals surface area contributed by atoms with Gasteiger partial charge in [-0.3, -0.25) is 24.0 Å². The highest BCUT2D eigenvalue weighted by molar-refractivity contribution is 6.39. The van der Waals surface area contributed by atoms with E-state index >= 15 is 0 Å². The number of piperidine rings is 1. The van der Waals surface area contributed by atoms with Gasteiger partial charge in [-0.2, -0.15) is 0 Å². The maximum atomic E-state index is 14.5. The van der Waals surface area contributed by atoms with Gasteiger partial charge in [0.25, 0.3) is 11.7 Å². The molecule has 4 rings (SSSR count). The second-order valence-electron chi connectivity index (χ2n) is 21.8. The third-order valence-electron chi connectivity index (χ3n) is 15.9. The van der Waals surface area contributed by atoms with E-state index in [2.05, 4.69) is 0 Å². The summed E-state index contributed by atoms with van der Waals surface area (Å²) in [4.78, 5) is 85.4. The Balaban J connectivity index is 1.69. The van der Waals surface area contributed by atoms with E-state index in [0.717, 1.165) is 10.5 Å². The number of aliphatic hydroxyl groups excluding tert-OH is 3. The summed E-state index contributed by atoms with van der Waals surface area (Å²) in [5, 5.41) is 43.1. The van der Waals surface area contributed by atoms with Gasteiger partial charge in [0.1, 0.15) is 41.7 Å². The molecule has 4 aliphatic rings. The molecule has 1 saturated carbocycles. The van der Waals surface area contributed by atoms with Crippen LogP contribution in [0.25, 0.3) is 0 Å². The molecule has 0 aromatic heterocycles. The SMILES string of the molecule is CO[C@H]1C[C@@H]2CC[C@@H](C)[C@@](O)(O2)C(=O)C(=O)N2CCCCC2C(=O)O[C@H]([C@H](C)C[C@@H]2CC[C@@H](OC(=O)C(C)(CO)CO)[C@H](OC)C2)CC(=O)C(C)/C=C(\C)[C@@H](O)[C@@H](OC)C(=O)[C@H](C)C[C@H](C)/C=C/C=CC=C1C. The van der Waals surface area contributed by atoms with Crippen LogP contribution >= 0.6 is 0 Å². The predicted molar refractivity (Wildman–Crippen MR) is 271 cm³/mol. The largest absolute Gasteiger partial charge is 0.460 e. The highest BCUT2D eigenvalue weighted by Gasteiger charge is 2.53. The first-order valence-corrected chi connectivity index (χ1v) is 26.4. The van der Waals surface area contributed by atoms with Crippen LogP contribution in [0.3, 0.4) is 0 Å². The molecule has 2 unspecified atom stereocenters. The third kappa shape index (κ3) is 16.0. The van der Waals surface area contributed by atoms with Crippen molar-refractivity contribution in [2.45, 2.75) is 187 Å². The summed E-state index contributed by atoms with van der Waals surface area (Å²) in [5.41, 5.74) is -0.277. The van der Waals surface area contributed by atoms with Crippen LogP contribution in [0.1, 0.15) is 132 Å². The lowest BCUT2D eigenvalue weighted by atomic mass is 9.78. The van der Waals surface area contributed by atoms with Gasteiger partial charge in [-0.05, 0) is 114 Å². The molecule has 0 aromatic rings. The van der Waals surface area contributed by atoms with Crippen LogP contribution < -0.4 is 0 Å². The Morgan fingerprint density at radius 3 is 2.21 bits per heavy atom. The van der Waals surface area contributed by atoms with Crippen LogP contribution in [-0.4, -0.2) is 156 Å². The molecule has 0 radical (unpaired) electrons. The summed E-state index contributed by atoms with van der Waals surface area (Å²) in [6.45, 7) is 12.7. The Morgan fingerprint density at radius 2 is 1.56 bits per heavy atom. The number of ether oxygens (including phenoxy) is 6. The molecule has 17 heteroatoms. The molecule has 3 heterocycles. The molecule has 412 valence electrons. The molecule has 4 N–H and O–H groups in total. The lowest BCUT2D eigenvalue weighted by Gasteiger charge is -2.42. The normalized spacial score (nSPS) is 36.3. The van der Waals surface area contributed by atoms with E-state index in [0.29, 0.717) is 69.8 Å². The van der Waals surface area contributed by atoms with E-state index in [1.165, 1.54) is 21.1 Å². The Hall–Kier alpha value is -3.94. The molecule has 73 heavy (non-hydrogen) atoms. The van der Waals surface area contributed by atoms with Crippen molar-refractivity contribution in [2.24, 2.45) is 40.9 Å². The van der Waals surface area contributed by atoms with Crippen LogP contribution in [0, 0.1) is 40.9 Å². The number of methoxy groups -OCH3 is 3. The summed E-state index contributed by atoms with van der Waals surface area (Å²) in [6, 6.07) is -1.20. The number of carbonyl (C=O) groups is 6.